The molecule has 0 saturated heterocycles. The van der Waals surface area contributed by atoms with E-state index in [9.17, 15) is 0 Å². The van der Waals surface area contributed by atoms with E-state index in [0.29, 0.717) is 24.3 Å². The second-order valence-corrected chi connectivity index (χ2v) is 6.01. The Labute approximate surface area is 196 Å². The lowest BCUT2D eigenvalue weighted by atomic mass is 10.2. The Morgan fingerprint density at radius 2 is 1.07 bits per heavy atom. The number of halogens is 3. The predicted molar refractivity (Wildman–Crippen MR) is 130 cm³/mol. The molecule has 2 aromatic rings. The number of benzene rings is 2. The lowest BCUT2D eigenvalue weighted by molar-refractivity contribution is 0.182. The van der Waals surface area contributed by atoms with Crippen LogP contribution in [0.1, 0.15) is 18.1 Å². The first-order chi connectivity index (χ1) is 13.0. The number of amidine groups is 2. The van der Waals surface area contributed by atoms with Crippen LogP contribution in [0, 0.1) is 10.8 Å². The number of nitrogens with one attached hydrogen (secondary N) is 2. The van der Waals surface area contributed by atoms with E-state index in [1.807, 2.05) is 24.3 Å². The summed E-state index contributed by atoms with van der Waals surface area (Å²) in [4.78, 5) is 2.24. The Balaban J connectivity index is 0. The van der Waals surface area contributed by atoms with Crippen LogP contribution in [-0.4, -0.2) is 49.4 Å². The Bertz CT molecular complexity index is 695. The summed E-state index contributed by atoms with van der Waals surface area (Å²) in [5.41, 5.74) is 12.3. The molecule has 7 nitrogen and oxygen atoms in total. The predicted octanol–water partition coefficient (Wildman–Crippen LogP) is 3.30. The minimum absolute atomic E-state index is 0. The van der Waals surface area contributed by atoms with Gasteiger partial charge in [-0.25, -0.2) is 0 Å². The molecule has 0 saturated carbocycles. The third kappa shape index (κ3) is 10.0. The highest BCUT2D eigenvalue weighted by atomic mass is 35.5. The highest BCUT2D eigenvalue weighted by Gasteiger charge is 2.05. The molecule has 0 aliphatic rings. The van der Waals surface area contributed by atoms with Crippen molar-refractivity contribution >= 4 is 48.9 Å². The SMILES string of the molecule is CCN(CCOc1ccc(C(=N)N)cc1)CCOc1ccc(C(=N)N)cc1.Cl.Cl.Cl. The maximum absolute atomic E-state index is 7.38. The van der Waals surface area contributed by atoms with Gasteiger partial charge in [0.15, 0.2) is 0 Å². The molecule has 30 heavy (non-hydrogen) atoms. The van der Waals surface area contributed by atoms with Crippen molar-refractivity contribution in [1.29, 1.82) is 10.8 Å². The van der Waals surface area contributed by atoms with Crippen molar-refractivity contribution in [3.8, 4) is 11.5 Å². The van der Waals surface area contributed by atoms with Gasteiger partial charge in [-0.1, -0.05) is 6.92 Å². The number of ether oxygens (including phenoxy) is 2. The van der Waals surface area contributed by atoms with Crippen LogP contribution >= 0.6 is 37.2 Å². The highest BCUT2D eigenvalue weighted by Crippen LogP contribution is 2.13. The summed E-state index contributed by atoms with van der Waals surface area (Å²) >= 11 is 0. The van der Waals surface area contributed by atoms with Crippen molar-refractivity contribution in [2.75, 3.05) is 32.8 Å². The first kappa shape index (κ1) is 30.0. The third-order valence-corrected chi connectivity index (χ3v) is 4.13. The Morgan fingerprint density at radius 1 is 0.733 bits per heavy atom. The second kappa shape index (κ2) is 15.6. The fraction of sp³-hybridized carbons (Fsp3) is 0.300. The minimum atomic E-state index is 0. The zero-order valence-electron chi connectivity index (χ0n) is 16.8. The number of nitrogen functional groups attached to an aromatic ring is 2. The van der Waals surface area contributed by atoms with Gasteiger partial charge in [-0.3, -0.25) is 15.7 Å². The molecule has 168 valence electrons. The van der Waals surface area contributed by atoms with Gasteiger partial charge in [0.05, 0.1) is 0 Å². The molecule has 0 aliphatic carbocycles. The van der Waals surface area contributed by atoms with Crippen LogP contribution in [-0.2, 0) is 0 Å². The molecule has 0 atom stereocenters. The standard InChI is InChI=1S/C20H27N5O2.3ClH/c1-2-25(11-13-26-17-7-3-15(4-8-17)19(21)22)12-14-27-18-9-5-16(6-10-18)20(23)24;;;/h3-10H,2,11-14H2,1H3,(H3,21,22)(H3,23,24);3*1H. The average molecular weight is 479 g/mol. The lowest BCUT2D eigenvalue weighted by Gasteiger charge is -2.20. The topological polar surface area (TPSA) is 121 Å². The summed E-state index contributed by atoms with van der Waals surface area (Å²) in [5, 5.41) is 14.8. The van der Waals surface area contributed by atoms with Crippen molar-refractivity contribution in [2.24, 2.45) is 11.5 Å². The summed E-state index contributed by atoms with van der Waals surface area (Å²) in [5.74, 6) is 1.63. The number of likely N-dealkylation sites (N-methyl/N-ethyl adjacent to an activating group) is 1. The van der Waals surface area contributed by atoms with E-state index < -0.39 is 0 Å². The monoisotopic (exact) mass is 477 g/mol. The van der Waals surface area contributed by atoms with Gasteiger partial charge in [-0.15, -0.1) is 37.2 Å². The Morgan fingerprint density at radius 3 is 1.33 bits per heavy atom. The van der Waals surface area contributed by atoms with E-state index in [1.165, 1.54) is 0 Å². The summed E-state index contributed by atoms with van der Waals surface area (Å²) in [6.45, 7) is 5.72. The molecular weight excluding hydrogens is 449 g/mol. The number of hydrogen-bond donors (Lipinski definition) is 4. The number of hydrogen-bond acceptors (Lipinski definition) is 5. The van der Waals surface area contributed by atoms with Gasteiger partial charge in [0.2, 0.25) is 0 Å². The molecule has 10 heteroatoms. The van der Waals surface area contributed by atoms with Crippen LogP contribution in [0.2, 0.25) is 0 Å². The van der Waals surface area contributed by atoms with Crippen LogP contribution in [0.3, 0.4) is 0 Å². The molecular formula is C20H30Cl3N5O2. The van der Waals surface area contributed by atoms with Gasteiger partial charge < -0.3 is 20.9 Å². The summed E-state index contributed by atoms with van der Waals surface area (Å²) in [7, 11) is 0. The quantitative estimate of drug-likeness (QED) is 0.292. The van der Waals surface area contributed by atoms with E-state index in [1.54, 1.807) is 24.3 Å². The minimum Gasteiger partial charge on any atom is -0.492 e. The van der Waals surface area contributed by atoms with Crippen molar-refractivity contribution < 1.29 is 9.47 Å². The van der Waals surface area contributed by atoms with E-state index >= 15 is 0 Å². The first-order valence-corrected chi connectivity index (χ1v) is 8.86. The first-order valence-electron chi connectivity index (χ1n) is 8.86. The largest absolute Gasteiger partial charge is 0.492 e. The van der Waals surface area contributed by atoms with E-state index in [0.717, 1.165) is 31.1 Å². The number of nitrogens with zero attached hydrogens (tertiary/aromatic N) is 1. The van der Waals surface area contributed by atoms with Crippen LogP contribution in [0.4, 0.5) is 0 Å². The fourth-order valence-electron chi connectivity index (χ4n) is 2.47. The molecule has 0 radical (unpaired) electrons. The highest BCUT2D eigenvalue weighted by molar-refractivity contribution is 5.95. The van der Waals surface area contributed by atoms with Gasteiger partial charge in [0.1, 0.15) is 36.4 Å². The summed E-state index contributed by atoms with van der Waals surface area (Å²) in [6, 6.07) is 14.4. The molecule has 0 spiro atoms. The van der Waals surface area contributed by atoms with Gasteiger partial charge in [0.25, 0.3) is 0 Å². The molecule has 2 aromatic carbocycles. The van der Waals surface area contributed by atoms with E-state index in [-0.39, 0.29) is 48.9 Å². The molecule has 0 heterocycles. The normalized spacial score (nSPS) is 9.53. The van der Waals surface area contributed by atoms with Crippen LogP contribution in [0.5, 0.6) is 11.5 Å². The molecule has 0 aliphatic heterocycles. The fourth-order valence-corrected chi connectivity index (χ4v) is 2.47. The van der Waals surface area contributed by atoms with E-state index in [2.05, 4.69) is 11.8 Å². The molecule has 0 amide bonds. The van der Waals surface area contributed by atoms with Crippen molar-refractivity contribution in [3.05, 3.63) is 59.7 Å². The van der Waals surface area contributed by atoms with E-state index in [4.69, 9.17) is 31.8 Å². The zero-order valence-corrected chi connectivity index (χ0v) is 19.2. The summed E-state index contributed by atoms with van der Waals surface area (Å²) < 4.78 is 11.5. The Hall–Kier alpha value is -2.19. The van der Waals surface area contributed by atoms with Crippen molar-refractivity contribution in [3.63, 3.8) is 0 Å². The third-order valence-electron chi connectivity index (χ3n) is 4.13. The second-order valence-electron chi connectivity index (χ2n) is 6.01. The smallest absolute Gasteiger partial charge is 0.122 e. The Kier molecular flexibility index (Phi) is 15.6. The molecule has 0 fully saturated rings. The maximum atomic E-state index is 7.38. The maximum Gasteiger partial charge on any atom is 0.122 e. The summed E-state index contributed by atoms with van der Waals surface area (Å²) in [6.07, 6.45) is 0. The van der Waals surface area contributed by atoms with Gasteiger partial charge >= 0.3 is 0 Å². The molecule has 6 N–H and O–H groups in total. The van der Waals surface area contributed by atoms with Crippen LogP contribution in [0.25, 0.3) is 0 Å². The molecule has 0 aromatic heterocycles. The molecule has 0 bridgehead atoms. The number of rotatable bonds is 11. The van der Waals surface area contributed by atoms with Crippen LogP contribution < -0.4 is 20.9 Å². The lowest BCUT2D eigenvalue weighted by Crippen LogP contribution is -2.32. The average Bonchev–Trinajstić information content (AvgIpc) is 2.67. The van der Waals surface area contributed by atoms with Gasteiger partial charge in [-0.05, 0) is 55.1 Å². The zero-order chi connectivity index (χ0) is 19.6. The van der Waals surface area contributed by atoms with Crippen molar-refractivity contribution in [1.82, 2.24) is 4.90 Å². The van der Waals surface area contributed by atoms with Crippen LogP contribution in [0.15, 0.2) is 48.5 Å². The number of nitrogens with two attached hydrogens (primary N) is 2. The van der Waals surface area contributed by atoms with Gasteiger partial charge in [0, 0.05) is 24.2 Å². The van der Waals surface area contributed by atoms with Gasteiger partial charge in [-0.2, -0.15) is 0 Å². The molecule has 2 rings (SSSR count). The van der Waals surface area contributed by atoms with Crippen molar-refractivity contribution in [2.45, 2.75) is 6.92 Å². The molecule has 0 unspecified atom stereocenters.